The molecule has 0 saturated carbocycles. The van der Waals surface area contributed by atoms with Gasteiger partial charge in [-0.25, -0.2) is 18.2 Å². The molecule has 1 N–H and O–H groups in total. The van der Waals surface area contributed by atoms with E-state index in [9.17, 15) is 13.2 Å². The first-order valence-corrected chi connectivity index (χ1v) is 7.63. The number of ether oxygens (including phenoxy) is 1. The fraction of sp³-hybridized carbons (Fsp3) is 0.143. The Morgan fingerprint density at radius 2 is 1.86 bits per heavy atom. The van der Waals surface area contributed by atoms with Gasteiger partial charge in [0.15, 0.2) is 5.82 Å². The van der Waals surface area contributed by atoms with Crippen molar-refractivity contribution in [2.75, 3.05) is 18.5 Å². The Balaban J connectivity index is 2.47. The van der Waals surface area contributed by atoms with E-state index in [0.29, 0.717) is 5.75 Å². The van der Waals surface area contributed by atoms with Crippen molar-refractivity contribution < 1.29 is 23.1 Å². The van der Waals surface area contributed by atoms with Gasteiger partial charge in [-0.2, -0.15) is 0 Å². The van der Waals surface area contributed by atoms with Crippen LogP contribution in [0.2, 0.25) is 0 Å². The van der Waals surface area contributed by atoms with E-state index in [2.05, 4.69) is 4.98 Å². The van der Waals surface area contributed by atoms with E-state index in [0.717, 1.165) is 4.31 Å². The Kier molecular flexibility index (Phi) is 4.32. The lowest BCUT2D eigenvalue weighted by Gasteiger charge is -2.20. The number of carboxylic acid groups (broad SMARTS) is 1. The minimum Gasteiger partial charge on any atom is -0.497 e. The first-order valence-electron chi connectivity index (χ1n) is 6.19. The Hall–Kier alpha value is -2.61. The lowest BCUT2D eigenvalue weighted by molar-refractivity contribution is 0.0697. The summed E-state index contributed by atoms with van der Waals surface area (Å²) in [4.78, 5) is 15.1. The highest BCUT2D eigenvalue weighted by atomic mass is 32.2. The number of hydrogen-bond donors (Lipinski definition) is 1. The summed E-state index contributed by atoms with van der Waals surface area (Å²) < 4.78 is 30.9. The number of nitrogens with zero attached hydrogens (tertiary/aromatic N) is 2. The standard InChI is InChI=1S/C14H14N2O5S/c1-16(13-12(14(17)18)4-3-9-15-13)22(19,20)11-7-5-10(21-2)6-8-11/h3-9H,1-2H3,(H,17,18). The molecule has 0 fully saturated rings. The summed E-state index contributed by atoms with van der Waals surface area (Å²) in [5.74, 6) is -0.878. The molecule has 0 radical (unpaired) electrons. The van der Waals surface area contributed by atoms with Crippen LogP contribution in [-0.4, -0.2) is 38.6 Å². The molecule has 0 bridgehead atoms. The first-order chi connectivity index (χ1) is 10.4. The van der Waals surface area contributed by atoms with Gasteiger partial charge in [0.2, 0.25) is 0 Å². The normalized spacial score (nSPS) is 11.0. The second-order valence-electron chi connectivity index (χ2n) is 4.33. The molecule has 0 aliphatic carbocycles. The first kappa shape index (κ1) is 15.8. The molecule has 0 unspecified atom stereocenters. The van der Waals surface area contributed by atoms with Crippen LogP contribution < -0.4 is 9.04 Å². The van der Waals surface area contributed by atoms with Gasteiger partial charge < -0.3 is 9.84 Å². The number of hydrogen-bond acceptors (Lipinski definition) is 5. The third-order valence-electron chi connectivity index (χ3n) is 3.03. The molecule has 22 heavy (non-hydrogen) atoms. The molecule has 0 aliphatic heterocycles. The largest absolute Gasteiger partial charge is 0.497 e. The summed E-state index contributed by atoms with van der Waals surface area (Å²) in [7, 11) is -1.19. The highest BCUT2D eigenvalue weighted by molar-refractivity contribution is 7.92. The number of methoxy groups -OCH3 is 1. The lowest BCUT2D eigenvalue weighted by atomic mass is 10.2. The molecule has 7 nitrogen and oxygen atoms in total. The van der Waals surface area contributed by atoms with Gasteiger partial charge in [0, 0.05) is 13.2 Å². The van der Waals surface area contributed by atoms with Crippen LogP contribution in [-0.2, 0) is 10.0 Å². The monoisotopic (exact) mass is 322 g/mol. The molecule has 0 aliphatic rings. The van der Waals surface area contributed by atoms with E-state index in [1.165, 1.54) is 56.8 Å². The van der Waals surface area contributed by atoms with Crippen LogP contribution in [0.3, 0.4) is 0 Å². The Labute approximate surface area is 127 Å². The fourth-order valence-corrected chi connectivity index (χ4v) is 3.00. The van der Waals surface area contributed by atoms with Gasteiger partial charge in [-0.1, -0.05) is 0 Å². The van der Waals surface area contributed by atoms with Crippen LogP contribution in [0.15, 0.2) is 47.5 Å². The van der Waals surface area contributed by atoms with Gasteiger partial charge in [0.25, 0.3) is 10.0 Å². The number of benzene rings is 1. The zero-order valence-corrected chi connectivity index (χ0v) is 12.7. The molecule has 1 aromatic carbocycles. The molecule has 8 heteroatoms. The lowest BCUT2D eigenvalue weighted by Crippen LogP contribution is -2.29. The molecule has 1 heterocycles. The number of aromatic nitrogens is 1. The van der Waals surface area contributed by atoms with E-state index in [1.54, 1.807) is 0 Å². The number of rotatable bonds is 5. The van der Waals surface area contributed by atoms with E-state index in [1.807, 2.05) is 0 Å². The second-order valence-corrected chi connectivity index (χ2v) is 6.30. The van der Waals surface area contributed by atoms with Crippen LogP contribution >= 0.6 is 0 Å². The Morgan fingerprint density at radius 3 is 2.41 bits per heavy atom. The maximum Gasteiger partial charge on any atom is 0.339 e. The quantitative estimate of drug-likeness (QED) is 0.898. The SMILES string of the molecule is COc1ccc(S(=O)(=O)N(C)c2ncccc2C(=O)O)cc1. The van der Waals surface area contributed by atoms with Gasteiger partial charge in [-0.15, -0.1) is 0 Å². The third-order valence-corrected chi connectivity index (χ3v) is 4.80. The van der Waals surface area contributed by atoms with Crippen LogP contribution in [0, 0.1) is 0 Å². The number of anilines is 1. The minimum atomic E-state index is -3.92. The van der Waals surface area contributed by atoms with E-state index >= 15 is 0 Å². The van der Waals surface area contributed by atoms with Gasteiger partial charge in [-0.05, 0) is 36.4 Å². The molecule has 1 aromatic heterocycles. The molecule has 0 saturated heterocycles. The summed E-state index contributed by atoms with van der Waals surface area (Å²) in [6.45, 7) is 0. The van der Waals surface area contributed by atoms with E-state index < -0.39 is 16.0 Å². The maximum absolute atomic E-state index is 12.6. The summed E-state index contributed by atoms with van der Waals surface area (Å²) in [5.41, 5.74) is -0.193. The summed E-state index contributed by atoms with van der Waals surface area (Å²) >= 11 is 0. The van der Waals surface area contributed by atoms with Crippen molar-refractivity contribution in [2.24, 2.45) is 0 Å². The van der Waals surface area contributed by atoms with Crippen LogP contribution in [0.1, 0.15) is 10.4 Å². The van der Waals surface area contributed by atoms with Crippen molar-refractivity contribution in [3.8, 4) is 5.75 Å². The molecule has 2 aromatic rings. The molecular formula is C14H14N2O5S. The predicted octanol–water partition coefficient (Wildman–Crippen LogP) is 1.61. The molecule has 0 amide bonds. The van der Waals surface area contributed by atoms with Gasteiger partial charge >= 0.3 is 5.97 Å². The zero-order chi connectivity index (χ0) is 16.3. The van der Waals surface area contributed by atoms with Crippen molar-refractivity contribution in [1.29, 1.82) is 0 Å². The number of pyridine rings is 1. The van der Waals surface area contributed by atoms with Crippen molar-refractivity contribution in [2.45, 2.75) is 4.90 Å². The smallest absolute Gasteiger partial charge is 0.339 e. The highest BCUT2D eigenvalue weighted by Crippen LogP contribution is 2.24. The highest BCUT2D eigenvalue weighted by Gasteiger charge is 2.26. The Morgan fingerprint density at radius 1 is 1.23 bits per heavy atom. The molecule has 2 rings (SSSR count). The molecule has 116 valence electrons. The average molecular weight is 322 g/mol. The average Bonchev–Trinajstić information content (AvgIpc) is 2.54. The number of carbonyl (C=O) groups is 1. The van der Waals surface area contributed by atoms with Crippen LogP contribution in [0.5, 0.6) is 5.75 Å². The second kappa shape index (κ2) is 6.02. The fourth-order valence-electron chi connectivity index (χ4n) is 1.83. The summed E-state index contributed by atoms with van der Waals surface area (Å²) in [6, 6.07) is 8.52. The minimum absolute atomic E-state index is 0.0118. The van der Waals surface area contributed by atoms with Crippen molar-refractivity contribution in [3.05, 3.63) is 48.2 Å². The summed E-state index contributed by atoms with van der Waals surface area (Å²) in [5, 5.41) is 9.14. The van der Waals surface area contributed by atoms with Crippen molar-refractivity contribution in [1.82, 2.24) is 4.98 Å². The van der Waals surface area contributed by atoms with E-state index in [4.69, 9.17) is 9.84 Å². The topological polar surface area (TPSA) is 96.8 Å². The van der Waals surface area contributed by atoms with E-state index in [-0.39, 0.29) is 16.3 Å². The summed E-state index contributed by atoms with van der Waals surface area (Å²) in [6.07, 6.45) is 1.34. The van der Waals surface area contributed by atoms with Crippen molar-refractivity contribution >= 4 is 21.8 Å². The third kappa shape index (κ3) is 2.86. The maximum atomic E-state index is 12.6. The van der Waals surface area contributed by atoms with Gasteiger partial charge in [0.1, 0.15) is 11.3 Å². The predicted molar refractivity (Wildman–Crippen MR) is 79.8 cm³/mol. The van der Waals surface area contributed by atoms with Gasteiger partial charge in [0.05, 0.1) is 12.0 Å². The number of carboxylic acids is 1. The zero-order valence-electron chi connectivity index (χ0n) is 11.9. The van der Waals surface area contributed by atoms with Crippen LogP contribution in [0.25, 0.3) is 0 Å². The Bertz CT molecular complexity index is 787. The molecular weight excluding hydrogens is 308 g/mol. The molecule has 0 spiro atoms. The molecule has 0 atom stereocenters. The van der Waals surface area contributed by atoms with Gasteiger partial charge in [-0.3, -0.25) is 4.31 Å². The number of sulfonamides is 1. The number of aromatic carboxylic acids is 1. The van der Waals surface area contributed by atoms with Crippen LogP contribution in [0.4, 0.5) is 5.82 Å². The van der Waals surface area contributed by atoms with Crippen molar-refractivity contribution in [3.63, 3.8) is 0 Å².